The van der Waals surface area contributed by atoms with Crippen molar-refractivity contribution >= 4 is 17.2 Å². The monoisotopic (exact) mass is 296 g/mol. The van der Waals surface area contributed by atoms with Crippen molar-refractivity contribution in [3.63, 3.8) is 0 Å². The average Bonchev–Trinajstić information content (AvgIpc) is 3.03. The highest BCUT2D eigenvalue weighted by molar-refractivity contribution is 7.09. The van der Waals surface area contributed by atoms with Gasteiger partial charge in [0, 0.05) is 41.3 Å². The zero-order valence-electron chi connectivity index (χ0n) is 11.1. The van der Waals surface area contributed by atoms with Crippen molar-refractivity contribution in [3.05, 3.63) is 65.0 Å². The van der Waals surface area contributed by atoms with E-state index >= 15 is 0 Å². The van der Waals surface area contributed by atoms with Gasteiger partial charge in [-0.15, -0.1) is 11.3 Å². The third-order valence-corrected chi connectivity index (χ3v) is 3.72. The molecule has 5 nitrogen and oxygen atoms in total. The number of aromatic nitrogens is 3. The maximum atomic E-state index is 11.9. The Balaban J connectivity index is 1.64. The fourth-order valence-electron chi connectivity index (χ4n) is 1.81. The van der Waals surface area contributed by atoms with Gasteiger partial charge in [0.15, 0.2) is 0 Å². The van der Waals surface area contributed by atoms with E-state index in [0.717, 1.165) is 16.3 Å². The standard InChI is InChI=1S/C15H12N4OS/c20-15(12-3-7-17-8-4-12)18-9-14-19-13(10-21-14)11-1-5-16-6-2-11/h1-8,10H,9H2,(H,18,20). The van der Waals surface area contributed by atoms with E-state index in [0.29, 0.717) is 12.1 Å². The summed E-state index contributed by atoms with van der Waals surface area (Å²) in [5.41, 5.74) is 2.51. The van der Waals surface area contributed by atoms with Crippen molar-refractivity contribution in [3.8, 4) is 11.3 Å². The normalized spacial score (nSPS) is 10.3. The minimum absolute atomic E-state index is 0.127. The molecule has 21 heavy (non-hydrogen) atoms. The van der Waals surface area contributed by atoms with Gasteiger partial charge in [-0.3, -0.25) is 14.8 Å². The first-order valence-corrected chi connectivity index (χ1v) is 7.24. The Morgan fingerprint density at radius 2 is 1.71 bits per heavy atom. The van der Waals surface area contributed by atoms with Crippen LogP contribution in [0.5, 0.6) is 0 Å². The second-order valence-corrected chi connectivity index (χ2v) is 5.22. The number of hydrogen-bond donors (Lipinski definition) is 1. The summed E-state index contributed by atoms with van der Waals surface area (Å²) in [5, 5.41) is 5.69. The van der Waals surface area contributed by atoms with E-state index in [9.17, 15) is 4.79 Å². The Hall–Kier alpha value is -2.60. The highest BCUT2D eigenvalue weighted by Gasteiger charge is 2.07. The SMILES string of the molecule is O=C(NCc1nc(-c2ccncc2)cs1)c1ccncc1. The van der Waals surface area contributed by atoms with Crippen molar-refractivity contribution in [2.75, 3.05) is 0 Å². The van der Waals surface area contributed by atoms with Crippen molar-refractivity contribution in [2.45, 2.75) is 6.54 Å². The van der Waals surface area contributed by atoms with E-state index in [1.54, 1.807) is 36.9 Å². The number of thiazole rings is 1. The zero-order chi connectivity index (χ0) is 14.5. The van der Waals surface area contributed by atoms with Crippen LogP contribution in [0.3, 0.4) is 0 Å². The van der Waals surface area contributed by atoms with Crippen LogP contribution < -0.4 is 5.32 Å². The summed E-state index contributed by atoms with van der Waals surface area (Å²) in [6.45, 7) is 0.414. The number of carbonyl (C=O) groups excluding carboxylic acids is 1. The summed E-state index contributed by atoms with van der Waals surface area (Å²) >= 11 is 1.52. The number of rotatable bonds is 4. The number of hydrogen-bond acceptors (Lipinski definition) is 5. The highest BCUT2D eigenvalue weighted by atomic mass is 32.1. The molecule has 0 saturated carbocycles. The second kappa shape index (κ2) is 6.23. The van der Waals surface area contributed by atoms with Crippen LogP contribution >= 0.6 is 11.3 Å². The summed E-state index contributed by atoms with van der Waals surface area (Å²) in [4.78, 5) is 24.3. The molecule has 0 unspecified atom stereocenters. The molecule has 0 aliphatic rings. The third-order valence-electron chi connectivity index (χ3n) is 2.87. The zero-order valence-corrected chi connectivity index (χ0v) is 11.9. The molecule has 0 aromatic carbocycles. The highest BCUT2D eigenvalue weighted by Crippen LogP contribution is 2.20. The van der Waals surface area contributed by atoms with Gasteiger partial charge in [0.2, 0.25) is 0 Å². The molecular formula is C15H12N4OS. The lowest BCUT2D eigenvalue weighted by Crippen LogP contribution is -2.22. The van der Waals surface area contributed by atoms with Gasteiger partial charge >= 0.3 is 0 Å². The van der Waals surface area contributed by atoms with Gasteiger partial charge in [-0.2, -0.15) is 0 Å². The van der Waals surface area contributed by atoms with Crippen molar-refractivity contribution in [1.29, 1.82) is 0 Å². The maximum absolute atomic E-state index is 11.9. The molecule has 3 aromatic heterocycles. The smallest absolute Gasteiger partial charge is 0.251 e. The van der Waals surface area contributed by atoms with Gasteiger partial charge < -0.3 is 5.32 Å². The molecule has 3 heterocycles. The molecule has 0 spiro atoms. The predicted molar refractivity (Wildman–Crippen MR) is 80.8 cm³/mol. The van der Waals surface area contributed by atoms with Gasteiger partial charge in [-0.25, -0.2) is 4.98 Å². The topological polar surface area (TPSA) is 67.8 Å². The van der Waals surface area contributed by atoms with E-state index < -0.39 is 0 Å². The molecule has 0 aliphatic heterocycles. The first-order valence-electron chi connectivity index (χ1n) is 6.36. The van der Waals surface area contributed by atoms with Crippen molar-refractivity contribution in [1.82, 2.24) is 20.3 Å². The van der Waals surface area contributed by atoms with Crippen LogP contribution in [0.4, 0.5) is 0 Å². The predicted octanol–water partition coefficient (Wildman–Crippen LogP) is 2.53. The van der Waals surface area contributed by atoms with Crippen LogP contribution in [-0.4, -0.2) is 20.9 Å². The quantitative estimate of drug-likeness (QED) is 0.803. The van der Waals surface area contributed by atoms with Gasteiger partial charge in [0.1, 0.15) is 5.01 Å². The Kier molecular flexibility index (Phi) is 3.97. The first kappa shape index (κ1) is 13.4. The van der Waals surface area contributed by atoms with Gasteiger partial charge in [-0.05, 0) is 24.3 Å². The summed E-state index contributed by atoms with van der Waals surface area (Å²) in [6.07, 6.45) is 6.67. The molecule has 0 aliphatic carbocycles. The summed E-state index contributed by atoms with van der Waals surface area (Å²) < 4.78 is 0. The molecule has 3 aromatic rings. The van der Waals surface area contributed by atoms with Crippen LogP contribution in [0, 0.1) is 0 Å². The molecule has 1 amide bonds. The average molecular weight is 296 g/mol. The third kappa shape index (κ3) is 3.29. The minimum Gasteiger partial charge on any atom is -0.346 e. The van der Waals surface area contributed by atoms with Crippen molar-refractivity contribution in [2.24, 2.45) is 0 Å². The van der Waals surface area contributed by atoms with Crippen LogP contribution in [-0.2, 0) is 6.54 Å². The summed E-state index contributed by atoms with van der Waals surface area (Å²) in [6, 6.07) is 7.18. The first-order chi connectivity index (χ1) is 10.3. The van der Waals surface area contributed by atoms with Crippen LogP contribution in [0.2, 0.25) is 0 Å². The van der Waals surface area contributed by atoms with Gasteiger partial charge in [0.05, 0.1) is 12.2 Å². The fourth-order valence-corrected chi connectivity index (χ4v) is 2.55. The van der Waals surface area contributed by atoms with Crippen LogP contribution in [0.15, 0.2) is 54.4 Å². The summed E-state index contributed by atoms with van der Waals surface area (Å²) in [7, 11) is 0. The number of nitrogens with one attached hydrogen (secondary N) is 1. The molecule has 0 bridgehead atoms. The van der Waals surface area contributed by atoms with E-state index in [1.165, 1.54) is 11.3 Å². The number of nitrogens with zero attached hydrogens (tertiary/aromatic N) is 3. The molecule has 3 rings (SSSR count). The fraction of sp³-hybridized carbons (Fsp3) is 0.0667. The Bertz CT molecular complexity index is 728. The lowest BCUT2D eigenvalue weighted by molar-refractivity contribution is 0.0951. The second-order valence-electron chi connectivity index (χ2n) is 4.28. The maximum Gasteiger partial charge on any atom is 0.251 e. The van der Waals surface area contributed by atoms with E-state index in [2.05, 4.69) is 20.3 Å². The van der Waals surface area contributed by atoms with E-state index in [1.807, 2.05) is 17.5 Å². The molecular weight excluding hydrogens is 284 g/mol. The Labute approximate surface area is 125 Å². The molecule has 0 fully saturated rings. The van der Waals surface area contributed by atoms with Gasteiger partial charge in [0.25, 0.3) is 5.91 Å². The van der Waals surface area contributed by atoms with E-state index in [-0.39, 0.29) is 5.91 Å². The molecule has 6 heteroatoms. The molecule has 104 valence electrons. The molecule has 0 saturated heterocycles. The molecule has 0 radical (unpaired) electrons. The summed E-state index contributed by atoms with van der Waals surface area (Å²) in [5.74, 6) is -0.127. The van der Waals surface area contributed by atoms with Crippen molar-refractivity contribution < 1.29 is 4.79 Å². The minimum atomic E-state index is -0.127. The van der Waals surface area contributed by atoms with Gasteiger partial charge in [-0.1, -0.05) is 0 Å². The number of carbonyl (C=O) groups is 1. The van der Waals surface area contributed by atoms with E-state index in [4.69, 9.17) is 0 Å². The molecule has 1 N–H and O–H groups in total. The largest absolute Gasteiger partial charge is 0.346 e. The molecule has 0 atom stereocenters. The van der Waals surface area contributed by atoms with Crippen LogP contribution in [0.1, 0.15) is 15.4 Å². The Morgan fingerprint density at radius 1 is 1.05 bits per heavy atom. The lowest BCUT2D eigenvalue weighted by Gasteiger charge is -2.02. The Morgan fingerprint density at radius 3 is 2.43 bits per heavy atom. The lowest BCUT2D eigenvalue weighted by atomic mass is 10.2. The number of amides is 1. The number of pyridine rings is 2. The van der Waals surface area contributed by atoms with Crippen LogP contribution in [0.25, 0.3) is 11.3 Å².